The summed E-state index contributed by atoms with van der Waals surface area (Å²) in [6, 6.07) is 43.3. The van der Waals surface area contributed by atoms with E-state index in [-0.39, 0.29) is 11.8 Å². The minimum atomic E-state index is -0.112. The summed E-state index contributed by atoms with van der Waals surface area (Å²) in [5.74, 6) is -0.224. The highest BCUT2D eigenvalue weighted by molar-refractivity contribution is 5.95. The molecule has 0 atom stereocenters. The van der Waals surface area contributed by atoms with Gasteiger partial charge in [0, 0.05) is 24.2 Å². The van der Waals surface area contributed by atoms with E-state index in [0.29, 0.717) is 24.2 Å². The van der Waals surface area contributed by atoms with Crippen molar-refractivity contribution in [3.05, 3.63) is 156 Å². The summed E-state index contributed by atoms with van der Waals surface area (Å²) in [5, 5.41) is 5.95. The van der Waals surface area contributed by atoms with Gasteiger partial charge in [0.05, 0.1) is 0 Å². The van der Waals surface area contributed by atoms with Crippen molar-refractivity contribution in [3.8, 4) is 22.3 Å². The summed E-state index contributed by atoms with van der Waals surface area (Å²) < 4.78 is 0. The van der Waals surface area contributed by atoms with Crippen LogP contribution in [-0.2, 0) is 13.1 Å². The highest BCUT2D eigenvalue weighted by Gasteiger charge is 2.08. The van der Waals surface area contributed by atoms with Gasteiger partial charge in [-0.3, -0.25) is 9.59 Å². The number of hydrogen-bond acceptors (Lipinski definition) is 2. The molecule has 186 valence electrons. The van der Waals surface area contributed by atoms with Crippen molar-refractivity contribution in [2.24, 2.45) is 0 Å². The Hall–Kier alpha value is -4.96. The third-order valence-electron chi connectivity index (χ3n) is 6.44. The van der Waals surface area contributed by atoms with Gasteiger partial charge in [-0.15, -0.1) is 0 Å². The molecule has 5 aromatic carbocycles. The Balaban J connectivity index is 1.10. The number of carbonyl (C=O) groups is 2. The van der Waals surface area contributed by atoms with E-state index >= 15 is 0 Å². The summed E-state index contributed by atoms with van der Waals surface area (Å²) in [6.07, 6.45) is 0. The van der Waals surface area contributed by atoms with Crippen molar-refractivity contribution < 1.29 is 9.59 Å². The fourth-order valence-corrected chi connectivity index (χ4v) is 4.23. The van der Waals surface area contributed by atoms with Crippen LogP contribution in [0, 0.1) is 0 Å². The van der Waals surface area contributed by atoms with Crippen LogP contribution >= 0.6 is 0 Å². The average Bonchev–Trinajstić information content (AvgIpc) is 3.00. The van der Waals surface area contributed by atoms with E-state index in [2.05, 4.69) is 10.6 Å². The predicted octanol–water partition coefficient (Wildman–Crippen LogP) is 6.88. The molecule has 0 fully saturated rings. The zero-order valence-corrected chi connectivity index (χ0v) is 20.9. The molecular formula is C34H28N2O2. The highest BCUT2D eigenvalue weighted by atomic mass is 16.2. The fraction of sp³-hybridized carbons (Fsp3) is 0.0588. The van der Waals surface area contributed by atoms with E-state index in [1.165, 1.54) is 0 Å². The van der Waals surface area contributed by atoms with Crippen LogP contribution in [0.2, 0.25) is 0 Å². The molecule has 0 bridgehead atoms. The standard InChI is InChI=1S/C34H28N2O2/c37-33(31-19-15-29(16-20-31)27-7-3-1-4-8-27)35-23-25-11-13-26(14-12-25)24-36-34(38)32-21-17-30(18-22-32)28-9-5-2-6-10-28/h1-22H,23-24H2,(H,35,37)(H,36,38). The second-order valence-electron chi connectivity index (χ2n) is 9.07. The zero-order valence-electron chi connectivity index (χ0n) is 20.9. The fourth-order valence-electron chi connectivity index (χ4n) is 4.23. The van der Waals surface area contributed by atoms with Crippen molar-refractivity contribution in [2.75, 3.05) is 0 Å². The normalized spacial score (nSPS) is 10.5. The molecule has 0 saturated heterocycles. The summed E-state index contributed by atoms with van der Waals surface area (Å²) in [6.45, 7) is 0.860. The average molecular weight is 497 g/mol. The smallest absolute Gasteiger partial charge is 0.251 e. The van der Waals surface area contributed by atoms with Crippen LogP contribution in [0.15, 0.2) is 133 Å². The minimum Gasteiger partial charge on any atom is -0.348 e. The van der Waals surface area contributed by atoms with Gasteiger partial charge in [0.15, 0.2) is 0 Å². The number of nitrogens with one attached hydrogen (secondary N) is 2. The molecule has 0 aliphatic rings. The summed E-state index contributed by atoms with van der Waals surface area (Å²) in [4.78, 5) is 25.2. The second kappa shape index (κ2) is 11.8. The SMILES string of the molecule is O=C(NCc1ccc(CNC(=O)c2ccc(-c3ccccc3)cc2)cc1)c1ccc(-c2ccccc2)cc1. The van der Waals surface area contributed by atoms with Crippen molar-refractivity contribution >= 4 is 11.8 Å². The Morgan fingerprint density at radius 3 is 1.05 bits per heavy atom. The van der Waals surface area contributed by atoms with Crippen LogP contribution in [-0.4, -0.2) is 11.8 Å². The molecule has 5 aromatic rings. The van der Waals surface area contributed by atoms with Crippen LogP contribution in [0.25, 0.3) is 22.3 Å². The third kappa shape index (κ3) is 6.23. The van der Waals surface area contributed by atoms with Crippen LogP contribution in [0.5, 0.6) is 0 Å². The van der Waals surface area contributed by atoms with Crippen LogP contribution in [0.4, 0.5) is 0 Å². The van der Waals surface area contributed by atoms with Crippen molar-refractivity contribution in [1.82, 2.24) is 10.6 Å². The van der Waals surface area contributed by atoms with Crippen molar-refractivity contribution in [3.63, 3.8) is 0 Å². The first-order chi connectivity index (χ1) is 18.7. The van der Waals surface area contributed by atoms with Gasteiger partial charge in [-0.05, 0) is 57.6 Å². The Labute approximate surface area is 223 Å². The van der Waals surface area contributed by atoms with E-state index in [0.717, 1.165) is 33.4 Å². The predicted molar refractivity (Wildman–Crippen MR) is 153 cm³/mol. The molecular weight excluding hydrogens is 468 g/mol. The van der Waals surface area contributed by atoms with E-state index in [1.807, 2.05) is 133 Å². The largest absolute Gasteiger partial charge is 0.348 e. The molecule has 2 amide bonds. The van der Waals surface area contributed by atoms with Gasteiger partial charge in [-0.2, -0.15) is 0 Å². The summed E-state index contributed by atoms with van der Waals surface area (Å²) in [5.41, 5.74) is 7.63. The van der Waals surface area contributed by atoms with E-state index in [9.17, 15) is 9.59 Å². The maximum atomic E-state index is 12.6. The molecule has 0 heterocycles. The summed E-state index contributed by atoms with van der Waals surface area (Å²) in [7, 11) is 0. The number of rotatable bonds is 8. The van der Waals surface area contributed by atoms with Gasteiger partial charge in [0.2, 0.25) is 0 Å². The van der Waals surface area contributed by atoms with Gasteiger partial charge in [-0.25, -0.2) is 0 Å². The lowest BCUT2D eigenvalue weighted by Crippen LogP contribution is -2.23. The maximum absolute atomic E-state index is 12.6. The lowest BCUT2D eigenvalue weighted by molar-refractivity contribution is 0.0942. The molecule has 4 nitrogen and oxygen atoms in total. The first kappa shape index (κ1) is 24.7. The van der Waals surface area contributed by atoms with Gasteiger partial charge < -0.3 is 10.6 Å². The molecule has 4 heteroatoms. The quantitative estimate of drug-likeness (QED) is 0.246. The highest BCUT2D eigenvalue weighted by Crippen LogP contribution is 2.20. The number of amides is 2. The number of hydrogen-bond donors (Lipinski definition) is 2. The van der Waals surface area contributed by atoms with Gasteiger partial charge in [0.25, 0.3) is 11.8 Å². The molecule has 2 N–H and O–H groups in total. The Morgan fingerprint density at radius 2 is 0.711 bits per heavy atom. The van der Waals surface area contributed by atoms with Crippen LogP contribution in [0.1, 0.15) is 31.8 Å². The number of benzene rings is 5. The van der Waals surface area contributed by atoms with Crippen molar-refractivity contribution in [1.29, 1.82) is 0 Å². The van der Waals surface area contributed by atoms with Crippen LogP contribution in [0.3, 0.4) is 0 Å². The minimum absolute atomic E-state index is 0.112. The van der Waals surface area contributed by atoms with Crippen molar-refractivity contribution in [2.45, 2.75) is 13.1 Å². The molecule has 5 rings (SSSR count). The molecule has 0 aromatic heterocycles. The van der Waals surface area contributed by atoms with Gasteiger partial charge in [0.1, 0.15) is 0 Å². The first-order valence-corrected chi connectivity index (χ1v) is 12.6. The van der Waals surface area contributed by atoms with Gasteiger partial charge in [-0.1, -0.05) is 109 Å². The molecule has 38 heavy (non-hydrogen) atoms. The molecule has 0 aliphatic heterocycles. The van der Waals surface area contributed by atoms with E-state index < -0.39 is 0 Å². The topological polar surface area (TPSA) is 58.2 Å². The molecule has 0 saturated carbocycles. The number of carbonyl (C=O) groups excluding carboxylic acids is 2. The van der Waals surface area contributed by atoms with Crippen LogP contribution < -0.4 is 10.6 Å². The Kier molecular flexibility index (Phi) is 7.71. The molecule has 0 unspecified atom stereocenters. The lowest BCUT2D eigenvalue weighted by Gasteiger charge is -2.09. The lowest BCUT2D eigenvalue weighted by atomic mass is 10.0. The van der Waals surface area contributed by atoms with E-state index in [4.69, 9.17) is 0 Å². The first-order valence-electron chi connectivity index (χ1n) is 12.6. The second-order valence-corrected chi connectivity index (χ2v) is 9.07. The molecule has 0 spiro atoms. The monoisotopic (exact) mass is 496 g/mol. The third-order valence-corrected chi connectivity index (χ3v) is 6.44. The van der Waals surface area contributed by atoms with Gasteiger partial charge >= 0.3 is 0 Å². The Bertz CT molecular complexity index is 1380. The van der Waals surface area contributed by atoms with E-state index in [1.54, 1.807) is 0 Å². The summed E-state index contributed by atoms with van der Waals surface area (Å²) >= 11 is 0. The maximum Gasteiger partial charge on any atom is 0.251 e. The molecule has 0 radical (unpaired) electrons. The zero-order chi connectivity index (χ0) is 26.2. The molecule has 0 aliphatic carbocycles. The Morgan fingerprint density at radius 1 is 0.395 bits per heavy atom.